The number of carbonyl (C=O) groups is 2. The molecule has 2 fully saturated rings. The monoisotopic (exact) mass is 222 g/mol. The first kappa shape index (κ1) is 11.5. The van der Waals surface area contributed by atoms with Gasteiger partial charge in [0.25, 0.3) is 0 Å². The van der Waals surface area contributed by atoms with Crippen LogP contribution < -0.4 is 0 Å². The number of carbonyl (C=O) groups excluding carboxylic acids is 2. The van der Waals surface area contributed by atoms with Gasteiger partial charge in [-0.05, 0) is 12.8 Å². The molecule has 3 heteroatoms. The minimum atomic E-state index is -0.386. The van der Waals surface area contributed by atoms with E-state index in [0.29, 0.717) is 31.7 Å². The highest BCUT2D eigenvalue weighted by atomic mass is 16.5. The molecule has 2 saturated carbocycles. The van der Waals surface area contributed by atoms with Crippen LogP contribution in [0.4, 0.5) is 0 Å². The third-order valence-corrected chi connectivity index (χ3v) is 4.10. The average Bonchev–Trinajstić information content (AvgIpc) is 2.56. The quantitative estimate of drug-likeness (QED) is 0.685. The van der Waals surface area contributed by atoms with Gasteiger partial charge in [-0.15, -0.1) is 6.58 Å². The van der Waals surface area contributed by atoms with Crippen molar-refractivity contribution in [2.45, 2.75) is 38.7 Å². The molecule has 0 aromatic rings. The highest BCUT2D eigenvalue weighted by Gasteiger charge is 2.54. The van der Waals surface area contributed by atoms with Gasteiger partial charge in [0.05, 0.1) is 6.61 Å². The van der Waals surface area contributed by atoms with E-state index in [0.717, 1.165) is 6.42 Å². The fourth-order valence-corrected chi connectivity index (χ4v) is 3.04. The zero-order chi connectivity index (χ0) is 11.8. The zero-order valence-electron chi connectivity index (χ0n) is 9.70. The van der Waals surface area contributed by atoms with Crippen LogP contribution in [0, 0.1) is 11.3 Å². The van der Waals surface area contributed by atoms with Crippen molar-refractivity contribution in [2.24, 2.45) is 11.3 Å². The van der Waals surface area contributed by atoms with Crippen LogP contribution in [0.25, 0.3) is 0 Å². The number of rotatable bonds is 3. The van der Waals surface area contributed by atoms with Crippen LogP contribution in [-0.2, 0) is 14.3 Å². The summed E-state index contributed by atoms with van der Waals surface area (Å²) in [5, 5.41) is 0. The number of hydrogen-bond donors (Lipinski definition) is 0. The van der Waals surface area contributed by atoms with Crippen LogP contribution in [-0.4, -0.2) is 24.3 Å². The first-order valence-corrected chi connectivity index (χ1v) is 5.88. The number of fused-ring (bicyclic) bond motifs is 1. The lowest BCUT2D eigenvalue weighted by Crippen LogP contribution is -2.46. The van der Waals surface area contributed by atoms with E-state index >= 15 is 0 Å². The molecule has 0 amide bonds. The lowest BCUT2D eigenvalue weighted by molar-refractivity contribution is -0.146. The summed E-state index contributed by atoms with van der Waals surface area (Å²) in [6.07, 6.45) is 3.83. The molecule has 0 aromatic carbocycles. The van der Waals surface area contributed by atoms with E-state index in [2.05, 4.69) is 6.58 Å². The van der Waals surface area contributed by atoms with Crippen LogP contribution in [0.3, 0.4) is 0 Å². The van der Waals surface area contributed by atoms with Crippen LogP contribution in [0.1, 0.15) is 32.6 Å². The predicted octanol–water partition coefficient (Wildman–Crippen LogP) is 1.91. The molecular formula is C13H18O3. The first-order valence-electron chi connectivity index (χ1n) is 5.88. The van der Waals surface area contributed by atoms with Gasteiger partial charge in [-0.25, -0.2) is 0 Å². The van der Waals surface area contributed by atoms with E-state index in [4.69, 9.17) is 4.74 Å². The maximum Gasteiger partial charge on any atom is 0.161 e. The molecule has 88 valence electrons. The summed E-state index contributed by atoms with van der Waals surface area (Å²) in [7, 11) is 0. The zero-order valence-corrected chi connectivity index (χ0v) is 9.70. The molecule has 16 heavy (non-hydrogen) atoms. The molecule has 0 unspecified atom stereocenters. The van der Waals surface area contributed by atoms with E-state index in [1.165, 1.54) is 0 Å². The van der Waals surface area contributed by atoms with Crippen molar-refractivity contribution in [1.82, 2.24) is 0 Å². The molecule has 0 radical (unpaired) electrons. The highest BCUT2D eigenvalue weighted by molar-refractivity contribution is 5.93. The molecule has 0 N–H and O–H groups in total. The predicted molar refractivity (Wildman–Crippen MR) is 60.0 cm³/mol. The van der Waals surface area contributed by atoms with Gasteiger partial charge in [-0.2, -0.15) is 0 Å². The molecule has 0 bridgehead atoms. The smallest absolute Gasteiger partial charge is 0.161 e. The highest BCUT2D eigenvalue weighted by Crippen LogP contribution is 2.49. The summed E-state index contributed by atoms with van der Waals surface area (Å²) >= 11 is 0. The maximum absolute atomic E-state index is 11.9. The Morgan fingerprint density at radius 3 is 2.94 bits per heavy atom. The number of Topliss-reactive ketones (excluding diaryl/α,β-unsaturated/α-hetero) is 2. The van der Waals surface area contributed by atoms with Gasteiger partial charge < -0.3 is 4.74 Å². The summed E-state index contributed by atoms with van der Waals surface area (Å²) in [6, 6.07) is 0. The van der Waals surface area contributed by atoms with E-state index in [1.54, 1.807) is 6.08 Å². The molecule has 0 spiro atoms. The molecule has 3 atom stereocenters. The number of hydrogen-bond acceptors (Lipinski definition) is 3. The van der Waals surface area contributed by atoms with Crippen molar-refractivity contribution in [2.75, 3.05) is 6.61 Å². The Kier molecular flexibility index (Phi) is 2.98. The largest absolute Gasteiger partial charge is 0.366 e. The summed E-state index contributed by atoms with van der Waals surface area (Å²) in [5.74, 6) is 0.539. The van der Waals surface area contributed by atoms with Crippen molar-refractivity contribution in [3.8, 4) is 0 Å². The van der Waals surface area contributed by atoms with Crippen LogP contribution in [0.15, 0.2) is 12.7 Å². The summed E-state index contributed by atoms with van der Waals surface area (Å²) in [4.78, 5) is 23.7. The van der Waals surface area contributed by atoms with Gasteiger partial charge >= 0.3 is 0 Å². The van der Waals surface area contributed by atoms with Crippen molar-refractivity contribution in [3.63, 3.8) is 0 Å². The molecular weight excluding hydrogens is 204 g/mol. The van der Waals surface area contributed by atoms with Crippen molar-refractivity contribution in [3.05, 3.63) is 12.7 Å². The van der Waals surface area contributed by atoms with E-state index in [9.17, 15) is 9.59 Å². The van der Waals surface area contributed by atoms with Gasteiger partial charge in [-0.3, -0.25) is 9.59 Å². The molecule has 2 aliphatic carbocycles. The van der Waals surface area contributed by atoms with Crippen molar-refractivity contribution >= 4 is 11.6 Å². The summed E-state index contributed by atoms with van der Waals surface area (Å²) in [6.45, 7) is 5.96. The number of ketones is 2. The second-order valence-electron chi connectivity index (χ2n) is 4.99. The van der Waals surface area contributed by atoms with Crippen LogP contribution in [0.2, 0.25) is 0 Å². The molecule has 2 aliphatic rings. The van der Waals surface area contributed by atoms with Crippen molar-refractivity contribution in [1.29, 1.82) is 0 Å². The Morgan fingerprint density at radius 1 is 1.50 bits per heavy atom. The topological polar surface area (TPSA) is 43.4 Å². The minimum absolute atomic E-state index is 0.0844. The Morgan fingerprint density at radius 2 is 2.25 bits per heavy atom. The van der Waals surface area contributed by atoms with E-state index in [1.807, 2.05) is 6.92 Å². The third-order valence-electron chi connectivity index (χ3n) is 4.10. The standard InChI is InChI=1S/C13H18O3/c1-3-8-16-12-9-4-5-11(15)13(9,2)7-6-10(12)14/h3,9,12H,1,4-8H2,2H3/t9-,12-,13-/m0/s1. The second kappa shape index (κ2) is 4.13. The fourth-order valence-electron chi connectivity index (χ4n) is 3.04. The Labute approximate surface area is 95.9 Å². The lowest BCUT2D eigenvalue weighted by atomic mass is 9.67. The molecule has 0 saturated heterocycles. The fraction of sp³-hybridized carbons (Fsp3) is 0.692. The Hall–Kier alpha value is -0.960. The molecule has 0 heterocycles. The Bertz CT molecular complexity index is 334. The van der Waals surface area contributed by atoms with Crippen LogP contribution in [0.5, 0.6) is 0 Å². The first-order chi connectivity index (χ1) is 7.59. The average molecular weight is 222 g/mol. The van der Waals surface area contributed by atoms with Crippen molar-refractivity contribution < 1.29 is 14.3 Å². The molecule has 0 aromatic heterocycles. The second-order valence-corrected chi connectivity index (χ2v) is 4.99. The molecule has 3 nitrogen and oxygen atoms in total. The Balaban J connectivity index is 2.19. The SMILES string of the molecule is C=CCO[C@@H]1C(=O)CC[C@]2(C)C(=O)CC[C@@H]12. The van der Waals surface area contributed by atoms with Gasteiger partial charge in [0.15, 0.2) is 5.78 Å². The summed E-state index contributed by atoms with van der Waals surface area (Å²) < 4.78 is 5.55. The van der Waals surface area contributed by atoms with E-state index < -0.39 is 0 Å². The molecule has 2 rings (SSSR count). The van der Waals surface area contributed by atoms with E-state index in [-0.39, 0.29) is 23.2 Å². The van der Waals surface area contributed by atoms with Gasteiger partial charge in [0, 0.05) is 24.2 Å². The third kappa shape index (κ3) is 1.63. The normalized spacial score (nSPS) is 38.6. The summed E-state index contributed by atoms with van der Waals surface area (Å²) in [5.41, 5.74) is -0.320. The minimum Gasteiger partial charge on any atom is -0.366 e. The molecule has 0 aliphatic heterocycles. The maximum atomic E-state index is 11.9. The lowest BCUT2D eigenvalue weighted by Gasteiger charge is -2.39. The van der Waals surface area contributed by atoms with Gasteiger partial charge in [-0.1, -0.05) is 13.0 Å². The van der Waals surface area contributed by atoms with Crippen LogP contribution >= 0.6 is 0 Å². The number of ether oxygens (including phenoxy) is 1. The van der Waals surface area contributed by atoms with Gasteiger partial charge in [0.1, 0.15) is 11.9 Å². The van der Waals surface area contributed by atoms with Gasteiger partial charge in [0.2, 0.25) is 0 Å².